The number of rotatable bonds is 3. The van der Waals surface area contributed by atoms with Crippen molar-refractivity contribution in [3.63, 3.8) is 0 Å². The third-order valence-electron chi connectivity index (χ3n) is 2.31. The van der Waals surface area contributed by atoms with Gasteiger partial charge in [-0.15, -0.1) is 10.2 Å². The van der Waals surface area contributed by atoms with Gasteiger partial charge in [-0.05, 0) is 18.2 Å². The van der Waals surface area contributed by atoms with Crippen LogP contribution in [0.3, 0.4) is 0 Å². The summed E-state index contributed by atoms with van der Waals surface area (Å²) in [5.41, 5.74) is -0.00384. The lowest BCUT2D eigenvalue weighted by atomic mass is 10.2. The number of amides is 1. The number of nitrogens with one attached hydrogen (secondary N) is 1. The molecule has 0 saturated carbocycles. The van der Waals surface area contributed by atoms with Gasteiger partial charge in [0.15, 0.2) is 11.4 Å². The van der Waals surface area contributed by atoms with Crippen molar-refractivity contribution >= 4 is 34.4 Å². The maximum atomic E-state index is 11.6. The number of nitrogens with zero attached hydrogens (tertiary/aromatic N) is 2. The molecule has 0 saturated heterocycles. The topological polar surface area (TPSA) is 112 Å². The molecule has 0 aliphatic heterocycles. The van der Waals surface area contributed by atoms with E-state index in [0.717, 1.165) is 0 Å². The lowest BCUT2D eigenvalue weighted by molar-refractivity contribution is -0.135. The predicted molar refractivity (Wildman–Crippen MR) is 66.2 cm³/mol. The number of carboxylic acid groups (broad SMARTS) is 1. The minimum absolute atomic E-state index is 0.305. The zero-order valence-corrected chi connectivity index (χ0v) is 10.2. The zero-order chi connectivity index (χ0) is 14.0. The molecule has 1 heterocycles. The first-order chi connectivity index (χ1) is 8.99. The summed E-state index contributed by atoms with van der Waals surface area (Å²) in [5, 5.41) is 28.5. The van der Waals surface area contributed by atoms with E-state index in [2.05, 4.69) is 15.5 Å². The van der Waals surface area contributed by atoms with Crippen LogP contribution in [0.5, 0.6) is 5.75 Å². The van der Waals surface area contributed by atoms with E-state index in [1.807, 2.05) is 0 Å². The van der Waals surface area contributed by atoms with E-state index in [1.165, 1.54) is 18.2 Å². The lowest BCUT2D eigenvalue weighted by Crippen LogP contribution is -2.30. The molecule has 0 aliphatic carbocycles. The minimum atomic E-state index is -1.20. The average Bonchev–Trinajstić information content (AvgIpc) is 2.36. The third-order valence-corrected chi connectivity index (χ3v) is 2.55. The fraction of sp³-hybridized carbons (Fsp3) is 0.0909. The van der Waals surface area contributed by atoms with Gasteiger partial charge < -0.3 is 15.5 Å². The standard InChI is InChI=1S/C11H8ClN3O4/c12-5-1-2-6-7(3-5)14-15-9(10(6)18)11(19)13-4-8(16)17/h1-3H,4H2,(H,13,19)(H,14,18)(H,16,17). The molecule has 0 atom stereocenters. The number of hydrogen-bond donors (Lipinski definition) is 3. The number of aliphatic carboxylic acids is 1. The fourth-order valence-electron chi connectivity index (χ4n) is 1.46. The number of aromatic nitrogens is 2. The van der Waals surface area contributed by atoms with E-state index in [4.69, 9.17) is 16.7 Å². The van der Waals surface area contributed by atoms with E-state index >= 15 is 0 Å². The smallest absolute Gasteiger partial charge is 0.322 e. The Kier molecular flexibility index (Phi) is 3.48. The Morgan fingerprint density at radius 3 is 2.74 bits per heavy atom. The number of halogens is 1. The van der Waals surface area contributed by atoms with Gasteiger partial charge in [0.05, 0.1) is 5.52 Å². The minimum Gasteiger partial charge on any atom is -0.505 e. The van der Waals surface area contributed by atoms with Crippen molar-refractivity contribution in [2.45, 2.75) is 0 Å². The van der Waals surface area contributed by atoms with Crippen molar-refractivity contribution in [3.8, 4) is 5.75 Å². The molecule has 98 valence electrons. The maximum Gasteiger partial charge on any atom is 0.322 e. The van der Waals surface area contributed by atoms with Crippen LogP contribution in [0.2, 0.25) is 5.02 Å². The zero-order valence-electron chi connectivity index (χ0n) is 9.42. The molecule has 0 fully saturated rings. The molecule has 0 bridgehead atoms. The van der Waals surface area contributed by atoms with Gasteiger partial charge in [-0.1, -0.05) is 11.6 Å². The van der Waals surface area contributed by atoms with Crippen LogP contribution < -0.4 is 5.32 Å². The fourth-order valence-corrected chi connectivity index (χ4v) is 1.63. The molecule has 0 unspecified atom stereocenters. The summed E-state index contributed by atoms with van der Waals surface area (Å²) in [4.78, 5) is 22.0. The van der Waals surface area contributed by atoms with Crippen LogP contribution in [0.25, 0.3) is 10.9 Å². The summed E-state index contributed by atoms with van der Waals surface area (Å²) in [7, 11) is 0. The number of benzene rings is 1. The molecule has 19 heavy (non-hydrogen) atoms. The van der Waals surface area contributed by atoms with E-state index in [0.29, 0.717) is 15.9 Å². The van der Waals surface area contributed by atoms with Gasteiger partial charge >= 0.3 is 5.97 Å². The Morgan fingerprint density at radius 2 is 2.05 bits per heavy atom. The summed E-state index contributed by atoms with van der Waals surface area (Å²) in [6.07, 6.45) is 0. The van der Waals surface area contributed by atoms with Gasteiger partial charge in [-0.3, -0.25) is 9.59 Å². The van der Waals surface area contributed by atoms with Crippen LogP contribution in [0, 0.1) is 0 Å². The monoisotopic (exact) mass is 281 g/mol. The summed E-state index contributed by atoms with van der Waals surface area (Å²) < 4.78 is 0. The maximum absolute atomic E-state index is 11.6. The number of carbonyl (C=O) groups excluding carboxylic acids is 1. The third kappa shape index (κ3) is 2.71. The van der Waals surface area contributed by atoms with Crippen LogP contribution in [0.4, 0.5) is 0 Å². The molecular weight excluding hydrogens is 274 g/mol. The molecule has 0 aliphatic rings. The van der Waals surface area contributed by atoms with Crippen molar-refractivity contribution in [2.24, 2.45) is 0 Å². The lowest BCUT2D eigenvalue weighted by Gasteiger charge is -2.06. The van der Waals surface area contributed by atoms with Gasteiger partial charge in [0, 0.05) is 10.4 Å². The molecule has 1 aromatic heterocycles. The number of carbonyl (C=O) groups is 2. The second kappa shape index (κ2) is 5.07. The van der Waals surface area contributed by atoms with Crippen molar-refractivity contribution in [1.82, 2.24) is 15.5 Å². The highest BCUT2D eigenvalue weighted by molar-refractivity contribution is 6.31. The SMILES string of the molecule is O=C(O)CNC(=O)c1nnc2cc(Cl)ccc2c1O. The van der Waals surface area contributed by atoms with Crippen LogP contribution in [0.15, 0.2) is 18.2 Å². The van der Waals surface area contributed by atoms with Gasteiger partial charge in [-0.2, -0.15) is 0 Å². The Bertz CT molecular complexity index is 674. The predicted octanol–water partition coefficient (Wildman–Crippen LogP) is 0.803. The molecule has 3 N–H and O–H groups in total. The van der Waals surface area contributed by atoms with E-state index in [9.17, 15) is 14.7 Å². The van der Waals surface area contributed by atoms with Gasteiger partial charge in [-0.25, -0.2) is 0 Å². The molecule has 2 aromatic rings. The first-order valence-corrected chi connectivity index (χ1v) is 5.51. The first kappa shape index (κ1) is 13.0. The normalized spacial score (nSPS) is 10.4. The molecular formula is C11H8ClN3O4. The van der Waals surface area contributed by atoms with Crippen LogP contribution in [-0.4, -0.2) is 38.8 Å². The van der Waals surface area contributed by atoms with Crippen molar-refractivity contribution in [2.75, 3.05) is 6.54 Å². The van der Waals surface area contributed by atoms with E-state index < -0.39 is 18.4 Å². The van der Waals surface area contributed by atoms with Crippen molar-refractivity contribution in [1.29, 1.82) is 0 Å². The first-order valence-electron chi connectivity index (χ1n) is 5.14. The van der Waals surface area contributed by atoms with Gasteiger partial charge in [0.2, 0.25) is 0 Å². The Balaban J connectivity index is 2.40. The quantitative estimate of drug-likeness (QED) is 0.767. The highest BCUT2D eigenvalue weighted by Gasteiger charge is 2.17. The summed E-state index contributed by atoms with van der Waals surface area (Å²) in [6.45, 7) is -0.571. The highest BCUT2D eigenvalue weighted by atomic mass is 35.5. The molecule has 1 amide bonds. The highest BCUT2D eigenvalue weighted by Crippen LogP contribution is 2.27. The largest absolute Gasteiger partial charge is 0.505 e. The van der Waals surface area contributed by atoms with Crippen molar-refractivity contribution in [3.05, 3.63) is 28.9 Å². The molecule has 7 nitrogen and oxygen atoms in total. The van der Waals surface area contributed by atoms with E-state index in [-0.39, 0.29) is 11.4 Å². The van der Waals surface area contributed by atoms with Crippen molar-refractivity contribution < 1.29 is 19.8 Å². The molecule has 2 rings (SSSR count). The number of fused-ring (bicyclic) bond motifs is 1. The molecule has 8 heteroatoms. The molecule has 0 radical (unpaired) electrons. The van der Waals surface area contributed by atoms with Crippen LogP contribution in [-0.2, 0) is 4.79 Å². The Hall–Kier alpha value is -2.41. The van der Waals surface area contributed by atoms with Gasteiger partial charge in [0.1, 0.15) is 6.54 Å². The second-order valence-corrected chi connectivity index (χ2v) is 4.07. The van der Waals surface area contributed by atoms with Crippen LogP contribution >= 0.6 is 11.6 Å². The number of hydrogen-bond acceptors (Lipinski definition) is 5. The van der Waals surface area contributed by atoms with E-state index in [1.54, 1.807) is 0 Å². The van der Waals surface area contributed by atoms with Crippen LogP contribution in [0.1, 0.15) is 10.5 Å². The summed E-state index contributed by atoms with van der Waals surface area (Å²) in [5.74, 6) is -2.39. The summed E-state index contributed by atoms with van der Waals surface area (Å²) >= 11 is 5.76. The Labute approximate surface area is 111 Å². The number of carboxylic acids is 1. The average molecular weight is 282 g/mol. The summed E-state index contributed by atoms with van der Waals surface area (Å²) in [6, 6.07) is 4.52. The Morgan fingerprint density at radius 1 is 1.32 bits per heavy atom. The number of aromatic hydroxyl groups is 1. The second-order valence-electron chi connectivity index (χ2n) is 3.64. The van der Waals surface area contributed by atoms with Gasteiger partial charge in [0.25, 0.3) is 5.91 Å². The molecule has 1 aromatic carbocycles. The molecule has 0 spiro atoms.